The lowest BCUT2D eigenvalue weighted by Gasteiger charge is -2.36. The fourth-order valence-electron chi connectivity index (χ4n) is 3.46. The minimum Gasteiger partial charge on any atom is -0.404 e. The smallest absolute Gasteiger partial charge is 0.264 e. The van der Waals surface area contributed by atoms with Gasteiger partial charge in [-0.15, -0.1) is 0 Å². The number of rotatable bonds is 4. The predicted molar refractivity (Wildman–Crippen MR) is 91.2 cm³/mol. The van der Waals surface area contributed by atoms with Crippen LogP contribution >= 0.6 is 0 Å². The molecule has 1 aliphatic carbocycles. The lowest BCUT2D eigenvalue weighted by atomic mass is 9.88. The van der Waals surface area contributed by atoms with Crippen molar-refractivity contribution in [3.8, 4) is 0 Å². The molecule has 1 saturated carbocycles. The van der Waals surface area contributed by atoms with E-state index in [-0.39, 0.29) is 5.56 Å². The van der Waals surface area contributed by atoms with Gasteiger partial charge in [0.15, 0.2) is 0 Å². The third kappa shape index (κ3) is 3.09. The number of allylic oxidation sites excluding steroid dienone is 1. The molecule has 1 heterocycles. The van der Waals surface area contributed by atoms with E-state index in [1.807, 2.05) is 6.07 Å². The van der Waals surface area contributed by atoms with Crippen molar-refractivity contribution >= 4 is 17.5 Å². The molecule has 0 amide bonds. The first-order valence-electron chi connectivity index (χ1n) is 8.11. The summed E-state index contributed by atoms with van der Waals surface area (Å²) in [6, 6.07) is 4.09. The van der Waals surface area contributed by atoms with Crippen molar-refractivity contribution in [2.75, 3.05) is 18.5 Å². The molecular formula is C18H23F2N3. The quantitative estimate of drug-likeness (QED) is 0.858. The van der Waals surface area contributed by atoms with Crippen LogP contribution in [0, 0.1) is 5.92 Å². The summed E-state index contributed by atoms with van der Waals surface area (Å²) in [5, 5.41) is 0. The number of nitrogens with two attached hydrogens (primary N) is 1. The van der Waals surface area contributed by atoms with Crippen molar-refractivity contribution < 1.29 is 8.78 Å². The maximum Gasteiger partial charge on any atom is 0.264 e. The summed E-state index contributed by atoms with van der Waals surface area (Å²) in [6.07, 6.45) is 3.60. The van der Waals surface area contributed by atoms with Crippen molar-refractivity contribution in [2.24, 2.45) is 16.6 Å². The number of benzene rings is 1. The minimum atomic E-state index is -2.53. The number of fused-ring (bicyclic) bond motifs is 1. The van der Waals surface area contributed by atoms with Gasteiger partial charge in [0.2, 0.25) is 0 Å². The van der Waals surface area contributed by atoms with Gasteiger partial charge in [0, 0.05) is 48.9 Å². The summed E-state index contributed by atoms with van der Waals surface area (Å²) < 4.78 is 27.2. The van der Waals surface area contributed by atoms with Crippen molar-refractivity contribution in [3.05, 3.63) is 35.0 Å². The first kappa shape index (κ1) is 16.0. The number of aliphatic imine (C=N–C) groups is 1. The number of anilines is 1. The van der Waals surface area contributed by atoms with Crippen LogP contribution in [-0.4, -0.2) is 25.8 Å². The van der Waals surface area contributed by atoms with Gasteiger partial charge in [-0.3, -0.25) is 4.99 Å². The molecule has 1 fully saturated rings. The number of hydrogen-bond donors (Lipinski definition) is 1. The molecule has 1 atom stereocenters. The largest absolute Gasteiger partial charge is 0.404 e. The summed E-state index contributed by atoms with van der Waals surface area (Å²) in [5.74, 6) is 0.526. The van der Waals surface area contributed by atoms with Crippen LogP contribution in [0.25, 0.3) is 5.57 Å². The van der Waals surface area contributed by atoms with Gasteiger partial charge in [-0.1, -0.05) is 6.92 Å². The summed E-state index contributed by atoms with van der Waals surface area (Å²) >= 11 is 0. The van der Waals surface area contributed by atoms with Crippen molar-refractivity contribution in [2.45, 2.75) is 38.7 Å². The Kier molecular flexibility index (Phi) is 4.37. The molecule has 5 heteroatoms. The zero-order valence-corrected chi connectivity index (χ0v) is 13.6. The van der Waals surface area contributed by atoms with Crippen LogP contribution in [0.1, 0.15) is 42.9 Å². The summed E-state index contributed by atoms with van der Waals surface area (Å²) in [7, 11) is 1.61. The Morgan fingerprint density at radius 3 is 2.70 bits per heavy atom. The normalized spacial score (nSPS) is 22.0. The molecule has 124 valence electrons. The molecule has 2 N–H and O–H groups in total. The predicted octanol–water partition coefficient (Wildman–Crippen LogP) is 3.79. The lowest BCUT2D eigenvalue weighted by Crippen LogP contribution is -2.36. The van der Waals surface area contributed by atoms with E-state index in [0.29, 0.717) is 23.1 Å². The van der Waals surface area contributed by atoms with Crippen LogP contribution in [-0.2, 0) is 6.42 Å². The van der Waals surface area contributed by atoms with Crippen LogP contribution in [0.15, 0.2) is 23.3 Å². The zero-order valence-electron chi connectivity index (χ0n) is 13.6. The molecule has 3 rings (SSSR count). The van der Waals surface area contributed by atoms with Crippen LogP contribution in [0.5, 0.6) is 0 Å². The summed E-state index contributed by atoms with van der Waals surface area (Å²) in [6.45, 7) is 3.17. The molecule has 1 aromatic carbocycles. The number of halogens is 2. The Bertz CT molecular complexity index is 648. The van der Waals surface area contributed by atoms with Gasteiger partial charge in [-0.05, 0) is 48.4 Å². The second kappa shape index (κ2) is 6.30. The van der Waals surface area contributed by atoms with Crippen LogP contribution in [0.4, 0.5) is 14.5 Å². The molecule has 0 unspecified atom stereocenters. The van der Waals surface area contributed by atoms with Crippen molar-refractivity contribution in [3.63, 3.8) is 0 Å². The highest BCUT2D eigenvalue weighted by Gasteiger charge is 2.35. The SMILES string of the molecule is CN=CC(=CN)c1cc2c(cc1C(F)F)N(C1CC1)C[C@@H](C)C2. The molecule has 1 aliphatic heterocycles. The highest BCUT2D eigenvalue weighted by atomic mass is 19.3. The number of nitrogens with zero attached hydrogens (tertiary/aromatic N) is 2. The first-order valence-corrected chi connectivity index (χ1v) is 8.11. The van der Waals surface area contributed by atoms with Gasteiger partial charge in [-0.2, -0.15) is 0 Å². The maximum absolute atomic E-state index is 13.6. The van der Waals surface area contributed by atoms with Gasteiger partial charge < -0.3 is 10.6 Å². The van der Waals surface area contributed by atoms with E-state index in [1.54, 1.807) is 19.3 Å². The van der Waals surface area contributed by atoms with E-state index in [1.165, 1.54) is 6.20 Å². The van der Waals surface area contributed by atoms with Gasteiger partial charge in [-0.25, -0.2) is 8.78 Å². The van der Waals surface area contributed by atoms with Gasteiger partial charge in [0.25, 0.3) is 6.43 Å². The molecule has 0 saturated heterocycles. The monoisotopic (exact) mass is 319 g/mol. The zero-order chi connectivity index (χ0) is 16.6. The second-order valence-electron chi connectivity index (χ2n) is 6.57. The van der Waals surface area contributed by atoms with Gasteiger partial charge in [0.05, 0.1) is 0 Å². The number of hydrogen-bond acceptors (Lipinski definition) is 3. The van der Waals surface area contributed by atoms with Gasteiger partial charge in [0.1, 0.15) is 0 Å². The Hall–Kier alpha value is -1.91. The van der Waals surface area contributed by atoms with Crippen LogP contribution < -0.4 is 10.6 Å². The molecular weight excluding hydrogens is 296 g/mol. The molecule has 2 aliphatic rings. The van der Waals surface area contributed by atoms with E-state index in [0.717, 1.165) is 37.1 Å². The average Bonchev–Trinajstić information content (AvgIpc) is 3.35. The highest BCUT2D eigenvalue weighted by molar-refractivity contribution is 6.10. The van der Waals surface area contributed by atoms with E-state index < -0.39 is 6.43 Å². The van der Waals surface area contributed by atoms with E-state index in [9.17, 15) is 8.78 Å². The minimum absolute atomic E-state index is 0.0422. The molecule has 0 radical (unpaired) electrons. The first-order chi connectivity index (χ1) is 11.0. The Labute approximate surface area is 135 Å². The molecule has 3 nitrogen and oxygen atoms in total. The second-order valence-corrected chi connectivity index (χ2v) is 6.57. The number of alkyl halides is 2. The van der Waals surface area contributed by atoms with Crippen molar-refractivity contribution in [1.82, 2.24) is 0 Å². The van der Waals surface area contributed by atoms with E-state index >= 15 is 0 Å². The topological polar surface area (TPSA) is 41.6 Å². The molecule has 1 aromatic rings. The van der Waals surface area contributed by atoms with Crippen LogP contribution in [0.2, 0.25) is 0 Å². The van der Waals surface area contributed by atoms with E-state index in [2.05, 4.69) is 16.8 Å². The molecule has 0 spiro atoms. The Morgan fingerprint density at radius 2 is 2.13 bits per heavy atom. The molecule has 0 aromatic heterocycles. The Balaban J connectivity index is 2.13. The summed E-state index contributed by atoms with van der Waals surface area (Å²) in [4.78, 5) is 6.25. The van der Waals surface area contributed by atoms with Crippen molar-refractivity contribution in [1.29, 1.82) is 0 Å². The fraction of sp³-hybridized carbons (Fsp3) is 0.500. The average molecular weight is 319 g/mol. The Morgan fingerprint density at radius 1 is 1.39 bits per heavy atom. The van der Waals surface area contributed by atoms with Crippen LogP contribution in [0.3, 0.4) is 0 Å². The highest BCUT2D eigenvalue weighted by Crippen LogP contribution is 2.42. The maximum atomic E-state index is 13.6. The fourth-order valence-corrected chi connectivity index (χ4v) is 3.46. The summed E-state index contributed by atoms with van der Waals surface area (Å²) in [5.41, 5.74) is 8.84. The molecule has 0 bridgehead atoms. The third-order valence-electron chi connectivity index (χ3n) is 4.62. The van der Waals surface area contributed by atoms with E-state index in [4.69, 9.17) is 5.73 Å². The standard InChI is InChI=1S/C18H23F2N3/c1-11-5-12-6-15(13(8-21)9-22-2)16(18(19)20)7-17(12)23(10-11)14-3-4-14/h6-9,11,14,18H,3-5,10,21H2,1-2H3/t11-/m0/s1. The third-order valence-corrected chi connectivity index (χ3v) is 4.62. The molecule has 23 heavy (non-hydrogen) atoms. The van der Waals surface area contributed by atoms with Gasteiger partial charge >= 0.3 is 0 Å². The lowest BCUT2D eigenvalue weighted by molar-refractivity contribution is 0.151.